The summed E-state index contributed by atoms with van der Waals surface area (Å²) in [6.07, 6.45) is 2.14. The van der Waals surface area contributed by atoms with Gasteiger partial charge in [0.05, 0.1) is 6.42 Å². The third-order valence-corrected chi connectivity index (χ3v) is 6.17. The minimum absolute atomic E-state index is 0.0537. The van der Waals surface area contributed by atoms with Crippen molar-refractivity contribution in [1.82, 2.24) is 4.90 Å². The minimum atomic E-state index is -0.102. The van der Waals surface area contributed by atoms with Crippen molar-refractivity contribution in [2.75, 3.05) is 24.5 Å². The number of anilines is 1. The second kappa shape index (κ2) is 7.01. The third-order valence-electron chi connectivity index (χ3n) is 5.93. The highest BCUT2D eigenvalue weighted by atomic mass is 35.5. The number of halogens is 1. The number of likely N-dealkylation sites (tertiary alicyclic amines) is 1. The van der Waals surface area contributed by atoms with Crippen molar-refractivity contribution in [1.29, 1.82) is 0 Å². The predicted octanol–water partition coefficient (Wildman–Crippen LogP) is 3.81. The molecule has 2 aliphatic rings. The highest BCUT2D eigenvalue weighted by Gasteiger charge is 2.46. The molecule has 2 aliphatic heterocycles. The van der Waals surface area contributed by atoms with Gasteiger partial charge < -0.3 is 9.80 Å². The number of rotatable bonds is 2. The molecule has 0 unspecified atom stereocenters. The zero-order valence-electron chi connectivity index (χ0n) is 15.5. The highest BCUT2D eigenvalue weighted by molar-refractivity contribution is 6.30. The number of fused-ring (bicyclic) bond motifs is 2. The van der Waals surface area contributed by atoms with E-state index < -0.39 is 0 Å². The predicted molar refractivity (Wildman–Crippen MR) is 107 cm³/mol. The van der Waals surface area contributed by atoms with Crippen LogP contribution in [0.3, 0.4) is 0 Å². The fraction of sp³-hybridized carbons (Fsp3) is 0.364. The lowest BCUT2D eigenvalue weighted by atomic mass is 9.74. The summed E-state index contributed by atoms with van der Waals surface area (Å²) in [7, 11) is 0. The molecule has 1 spiro atoms. The van der Waals surface area contributed by atoms with Crippen molar-refractivity contribution < 1.29 is 9.59 Å². The molecule has 1 saturated heterocycles. The van der Waals surface area contributed by atoms with Crippen LogP contribution in [0.1, 0.15) is 30.9 Å². The lowest BCUT2D eigenvalue weighted by Crippen LogP contribution is -2.48. The summed E-state index contributed by atoms with van der Waals surface area (Å²) in [6.45, 7) is 3.71. The van der Waals surface area contributed by atoms with Crippen LogP contribution in [0.4, 0.5) is 5.69 Å². The molecule has 0 N–H and O–H groups in total. The fourth-order valence-electron chi connectivity index (χ4n) is 4.42. The van der Waals surface area contributed by atoms with Gasteiger partial charge in [-0.2, -0.15) is 0 Å². The first-order chi connectivity index (χ1) is 13.0. The van der Waals surface area contributed by atoms with Gasteiger partial charge in [0, 0.05) is 42.7 Å². The number of hydrogen-bond acceptors (Lipinski definition) is 2. The van der Waals surface area contributed by atoms with Crippen molar-refractivity contribution in [3.05, 3.63) is 64.7 Å². The Hall–Kier alpha value is -2.33. The molecule has 2 aromatic carbocycles. The van der Waals surface area contributed by atoms with E-state index in [1.807, 2.05) is 58.3 Å². The van der Waals surface area contributed by atoms with Crippen LogP contribution in [0.2, 0.25) is 5.02 Å². The van der Waals surface area contributed by atoms with Crippen LogP contribution >= 0.6 is 11.6 Å². The molecule has 1 fully saturated rings. The van der Waals surface area contributed by atoms with E-state index in [9.17, 15) is 9.59 Å². The Kier molecular flexibility index (Phi) is 4.68. The zero-order valence-corrected chi connectivity index (χ0v) is 16.2. The summed E-state index contributed by atoms with van der Waals surface area (Å²) >= 11 is 6.25. The van der Waals surface area contributed by atoms with Gasteiger partial charge in [-0.1, -0.05) is 41.9 Å². The van der Waals surface area contributed by atoms with Crippen molar-refractivity contribution in [3.63, 3.8) is 0 Å². The molecule has 2 heterocycles. The van der Waals surface area contributed by atoms with Gasteiger partial charge in [0.2, 0.25) is 11.8 Å². The SMILES string of the molecule is CC(=O)N1CC2(CCN(C(=O)Cc3ccccc3)CC2)c2cc(Cl)ccc21. The van der Waals surface area contributed by atoms with Gasteiger partial charge in [0.15, 0.2) is 0 Å². The van der Waals surface area contributed by atoms with Crippen LogP contribution in [0, 0.1) is 0 Å². The van der Waals surface area contributed by atoms with Crippen LogP contribution in [0.25, 0.3) is 0 Å². The number of carbonyl (C=O) groups excluding carboxylic acids is 2. The molecule has 140 valence electrons. The summed E-state index contributed by atoms with van der Waals surface area (Å²) < 4.78 is 0. The number of piperidine rings is 1. The second-order valence-corrected chi connectivity index (χ2v) is 8.03. The maximum atomic E-state index is 12.7. The first kappa shape index (κ1) is 18.1. The highest BCUT2D eigenvalue weighted by Crippen LogP contribution is 2.47. The Morgan fingerprint density at radius 1 is 1.07 bits per heavy atom. The topological polar surface area (TPSA) is 40.6 Å². The Labute approximate surface area is 164 Å². The molecule has 27 heavy (non-hydrogen) atoms. The lowest BCUT2D eigenvalue weighted by Gasteiger charge is -2.40. The number of amides is 2. The first-order valence-electron chi connectivity index (χ1n) is 9.38. The van der Waals surface area contributed by atoms with E-state index in [0.717, 1.165) is 29.7 Å². The normalized spacial score (nSPS) is 17.9. The van der Waals surface area contributed by atoms with Gasteiger partial charge in [-0.25, -0.2) is 0 Å². The molecule has 0 aromatic heterocycles. The van der Waals surface area contributed by atoms with Crippen LogP contribution < -0.4 is 4.90 Å². The number of nitrogens with zero attached hydrogens (tertiary/aromatic N) is 2. The van der Waals surface area contributed by atoms with Crippen LogP contribution in [-0.2, 0) is 21.4 Å². The summed E-state index contributed by atoms with van der Waals surface area (Å²) in [4.78, 5) is 28.6. The molecule has 0 saturated carbocycles. The van der Waals surface area contributed by atoms with Gasteiger partial charge >= 0.3 is 0 Å². The van der Waals surface area contributed by atoms with Gasteiger partial charge in [0.1, 0.15) is 0 Å². The van der Waals surface area contributed by atoms with Gasteiger partial charge in [-0.15, -0.1) is 0 Å². The van der Waals surface area contributed by atoms with E-state index in [1.165, 1.54) is 0 Å². The van der Waals surface area contributed by atoms with Gasteiger partial charge in [0.25, 0.3) is 0 Å². The maximum Gasteiger partial charge on any atom is 0.226 e. The van der Waals surface area contributed by atoms with E-state index in [-0.39, 0.29) is 17.2 Å². The Morgan fingerprint density at radius 3 is 2.44 bits per heavy atom. The third kappa shape index (κ3) is 3.34. The average molecular weight is 383 g/mol. The second-order valence-electron chi connectivity index (χ2n) is 7.59. The van der Waals surface area contributed by atoms with E-state index in [2.05, 4.69) is 0 Å². The van der Waals surface area contributed by atoms with E-state index in [1.54, 1.807) is 6.92 Å². The number of benzene rings is 2. The van der Waals surface area contributed by atoms with E-state index in [0.29, 0.717) is 31.1 Å². The average Bonchev–Trinajstić information content (AvgIpc) is 2.97. The van der Waals surface area contributed by atoms with Crippen molar-refractivity contribution in [2.24, 2.45) is 0 Å². The van der Waals surface area contributed by atoms with Gasteiger partial charge in [-0.05, 0) is 42.2 Å². The van der Waals surface area contributed by atoms with Crippen molar-refractivity contribution in [2.45, 2.75) is 31.6 Å². The molecular formula is C22H23ClN2O2. The Morgan fingerprint density at radius 2 is 1.78 bits per heavy atom. The maximum absolute atomic E-state index is 12.7. The van der Waals surface area contributed by atoms with Crippen LogP contribution in [0.15, 0.2) is 48.5 Å². The quantitative estimate of drug-likeness (QED) is 0.792. The molecule has 0 bridgehead atoms. The van der Waals surface area contributed by atoms with Crippen molar-refractivity contribution >= 4 is 29.1 Å². The summed E-state index contributed by atoms with van der Waals surface area (Å²) in [5.74, 6) is 0.224. The number of carbonyl (C=O) groups is 2. The molecule has 0 atom stereocenters. The Balaban J connectivity index is 1.51. The first-order valence-corrected chi connectivity index (χ1v) is 9.76. The molecule has 4 nitrogen and oxygen atoms in total. The van der Waals surface area contributed by atoms with Crippen molar-refractivity contribution in [3.8, 4) is 0 Å². The summed E-state index contributed by atoms with van der Waals surface area (Å²) in [5.41, 5.74) is 3.06. The zero-order chi connectivity index (χ0) is 19.0. The molecule has 4 rings (SSSR count). The monoisotopic (exact) mass is 382 g/mol. The molecule has 5 heteroatoms. The molecular weight excluding hydrogens is 360 g/mol. The lowest BCUT2D eigenvalue weighted by molar-refractivity contribution is -0.132. The summed E-state index contributed by atoms with van der Waals surface area (Å²) in [5, 5.41) is 0.695. The number of hydrogen-bond donors (Lipinski definition) is 0. The standard InChI is InChI=1S/C22H23ClN2O2/c1-16(26)25-15-22(19-14-18(23)7-8-20(19)25)9-11-24(12-10-22)21(27)13-17-5-3-2-4-6-17/h2-8,14H,9-13,15H2,1H3. The molecule has 0 aliphatic carbocycles. The smallest absolute Gasteiger partial charge is 0.226 e. The summed E-state index contributed by atoms with van der Waals surface area (Å²) in [6, 6.07) is 15.7. The van der Waals surface area contributed by atoms with Crippen LogP contribution in [0.5, 0.6) is 0 Å². The van der Waals surface area contributed by atoms with Crippen LogP contribution in [-0.4, -0.2) is 36.3 Å². The molecule has 2 aromatic rings. The van der Waals surface area contributed by atoms with E-state index in [4.69, 9.17) is 11.6 Å². The molecule has 0 radical (unpaired) electrons. The largest absolute Gasteiger partial charge is 0.342 e. The Bertz CT molecular complexity index is 873. The molecule has 2 amide bonds. The fourth-order valence-corrected chi connectivity index (χ4v) is 4.59. The van der Waals surface area contributed by atoms with E-state index >= 15 is 0 Å². The van der Waals surface area contributed by atoms with Gasteiger partial charge in [-0.3, -0.25) is 9.59 Å². The minimum Gasteiger partial charge on any atom is -0.342 e.